The van der Waals surface area contributed by atoms with E-state index in [4.69, 9.17) is 0 Å². The lowest BCUT2D eigenvalue weighted by Crippen LogP contribution is -2.20. The minimum absolute atomic E-state index is 0.0528. The summed E-state index contributed by atoms with van der Waals surface area (Å²) in [6.07, 6.45) is 1.62. The van der Waals surface area contributed by atoms with Gasteiger partial charge in [0.1, 0.15) is 5.82 Å². The number of hydrogen-bond donors (Lipinski definition) is 2. The number of nitrogens with zero attached hydrogens (tertiary/aromatic N) is 3. The first-order chi connectivity index (χ1) is 12.1. The van der Waals surface area contributed by atoms with Crippen molar-refractivity contribution in [2.75, 3.05) is 11.9 Å². The number of nitrogens with one attached hydrogen (secondary N) is 1. The third-order valence-electron chi connectivity index (χ3n) is 3.50. The second-order valence-electron chi connectivity index (χ2n) is 5.46. The van der Waals surface area contributed by atoms with E-state index in [-0.39, 0.29) is 24.0 Å². The highest BCUT2D eigenvalue weighted by atomic mass is 32.2. The molecule has 0 fully saturated rings. The van der Waals surface area contributed by atoms with Crippen molar-refractivity contribution in [3.8, 4) is 0 Å². The number of aliphatic hydroxyl groups is 1. The van der Waals surface area contributed by atoms with E-state index in [9.17, 15) is 13.9 Å². The molecule has 8 heteroatoms. The van der Waals surface area contributed by atoms with Crippen molar-refractivity contribution in [2.45, 2.75) is 23.9 Å². The number of halogens is 2. The first-order valence-electron chi connectivity index (χ1n) is 7.64. The molecule has 2 N–H and O–H groups in total. The zero-order valence-corrected chi connectivity index (χ0v) is 14.2. The maximum absolute atomic E-state index is 13.8. The lowest BCUT2D eigenvalue weighted by atomic mass is 10.2. The second kappa shape index (κ2) is 7.71. The van der Waals surface area contributed by atoms with Gasteiger partial charge >= 0.3 is 0 Å². The largest absolute Gasteiger partial charge is 0.394 e. The average molecular weight is 362 g/mol. The van der Waals surface area contributed by atoms with Gasteiger partial charge in [-0.25, -0.2) is 23.7 Å². The summed E-state index contributed by atoms with van der Waals surface area (Å²) in [6.45, 7) is 1.77. The van der Waals surface area contributed by atoms with Gasteiger partial charge in [-0.05, 0) is 25.1 Å². The lowest BCUT2D eigenvalue weighted by molar-refractivity contribution is 0.281. The molecule has 3 aromatic rings. The molecular weight excluding hydrogens is 346 g/mol. The maximum atomic E-state index is 13.8. The molecule has 0 spiro atoms. The topological polar surface area (TPSA) is 70.9 Å². The fourth-order valence-corrected chi connectivity index (χ4v) is 3.01. The summed E-state index contributed by atoms with van der Waals surface area (Å²) in [5, 5.41) is 13.5. The fraction of sp³-hybridized carbons (Fsp3) is 0.235. The van der Waals surface area contributed by atoms with Crippen LogP contribution in [0.5, 0.6) is 0 Å². The van der Waals surface area contributed by atoms with Crippen LogP contribution in [0.4, 0.5) is 14.6 Å². The zero-order valence-electron chi connectivity index (χ0n) is 13.4. The minimum atomic E-state index is -0.877. The van der Waals surface area contributed by atoms with E-state index in [2.05, 4.69) is 20.3 Å². The number of aromatic nitrogens is 3. The zero-order chi connectivity index (χ0) is 17.8. The molecule has 0 unspecified atom stereocenters. The van der Waals surface area contributed by atoms with Gasteiger partial charge in [0, 0.05) is 23.6 Å². The molecule has 25 heavy (non-hydrogen) atoms. The van der Waals surface area contributed by atoms with E-state index in [0.717, 1.165) is 11.5 Å². The molecule has 5 nitrogen and oxygen atoms in total. The van der Waals surface area contributed by atoms with Crippen LogP contribution in [0, 0.1) is 11.6 Å². The van der Waals surface area contributed by atoms with Gasteiger partial charge in [0.05, 0.1) is 12.0 Å². The maximum Gasteiger partial charge on any atom is 0.191 e. The van der Waals surface area contributed by atoms with Crippen molar-refractivity contribution in [1.29, 1.82) is 0 Å². The van der Waals surface area contributed by atoms with Crippen LogP contribution in [-0.2, 0) is 5.75 Å². The summed E-state index contributed by atoms with van der Waals surface area (Å²) in [5.74, 6) is -1.00. The molecule has 0 radical (unpaired) electrons. The minimum Gasteiger partial charge on any atom is -0.394 e. The highest BCUT2D eigenvalue weighted by molar-refractivity contribution is 7.98. The monoisotopic (exact) mass is 362 g/mol. The molecule has 0 aliphatic rings. The quantitative estimate of drug-likeness (QED) is 0.517. The van der Waals surface area contributed by atoms with Gasteiger partial charge in [-0.2, -0.15) is 0 Å². The number of benzene rings is 1. The predicted octanol–water partition coefficient (Wildman–Crippen LogP) is 3.39. The van der Waals surface area contributed by atoms with E-state index in [1.807, 2.05) is 13.0 Å². The van der Waals surface area contributed by atoms with Crippen molar-refractivity contribution in [3.05, 3.63) is 53.7 Å². The smallest absolute Gasteiger partial charge is 0.191 e. The van der Waals surface area contributed by atoms with Crippen molar-refractivity contribution >= 4 is 28.6 Å². The van der Waals surface area contributed by atoms with Gasteiger partial charge in [0.15, 0.2) is 22.4 Å². The van der Waals surface area contributed by atoms with Gasteiger partial charge in [-0.3, -0.25) is 0 Å². The molecule has 130 valence electrons. The van der Waals surface area contributed by atoms with Gasteiger partial charge in [0.2, 0.25) is 0 Å². The van der Waals surface area contributed by atoms with Crippen LogP contribution >= 0.6 is 11.8 Å². The molecule has 0 bridgehead atoms. The van der Waals surface area contributed by atoms with Gasteiger partial charge < -0.3 is 10.4 Å². The molecule has 3 rings (SSSR count). The number of rotatable bonds is 6. The van der Waals surface area contributed by atoms with E-state index in [0.29, 0.717) is 16.6 Å². The molecule has 1 aromatic carbocycles. The van der Waals surface area contributed by atoms with Crippen LogP contribution in [0.1, 0.15) is 12.5 Å². The lowest BCUT2D eigenvalue weighted by Gasteiger charge is -2.14. The van der Waals surface area contributed by atoms with Crippen LogP contribution in [0.15, 0.2) is 41.7 Å². The Morgan fingerprint density at radius 2 is 2.04 bits per heavy atom. The number of hydrogen-bond acceptors (Lipinski definition) is 6. The standard InChI is InChI=1S/C17H16F2N4OS/c1-10(8-24)21-16-12-5-3-7-20-15(12)22-17(23-16)25-9-11-4-2-6-13(18)14(11)19/h2-7,10,24H,8-9H2,1H3,(H,20,21,22,23)/t10-/m1/s1. The summed E-state index contributed by atoms with van der Waals surface area (Å²) in [5.41, 5.74) is 0.736. The van der Waals surface area contributed by atoms with Crippen molar-refractivity contribution < 1.29 is 13.9 Å². The number of anilines is 1. The molecule has 0 saturated carbocycles. The van der Waals surface area contributed by atoms with Crippen molar-refractivity contribution in [3.63, 3.8) is 0 Å². The van der Waals surface area contributed by atoms with Crippen LogP contribution in [0.3, 0.4) is 0 Å². The normalized spacial score (nSPS) is 12.3. The molecule has 0 aliphatic heterocycles. The van der Waals surface area contributed by atoms with E-state index >= 15 is 0 Å². The third-order valence-corrected chi connectivity index (χ3v) is 4.39. The Hall–Kier alpha value is -2.32. The van der Waals surface area contributed by atoms with Crippen LogP contribution in [-0.4, -0.2) is 32.7 Å². The van der Waals surface area contributed by atoms with Gasteiger partial charge in [-0.15, -0.1) is 0 Å². The highest BCUT2D eigenvalue weighted by Gasteiger charge is 2.13. The predicted molar refractivity (Wildman–Crippen MR) is 93.4 cm³/mol. The average Bonchev–Trinajstić information content (AvgIpc) is 2.63. The van der Waals surface area contributed by atoms with E-state index in [1.165, 1.54) is 23.9 Å². The summed E-state index contributed by atoms with van der Waals surface area (Å²) in [4.78, 5) is 13.0. The third kappa shape index (κ3) is 4.02. The number of fused-ring (bicyclic) bond motifs is 1. The van der Waals surface area contributed by atoms with E-state index < -0.39 is 11.6 Å². The number of pyridine rings is 1. The first kappa shape index (κ1) is 17.5. The molecule has 0 aliphatic carbocycles. The second-order valence-corrected chi connectivity index (χ2v) is 6.40. The Balaban J connectivity index is 1.89. The summed E-state index contributed by atoms with van der Waals surface area (Å²) < 4.78 is 27.1. The number of aliphatic hydroxyl groups excluding tert-OH is 1. The Morgan fingerprint density at radius 3 is 2.84 bits per heavy atom. The summed E-state index contributed by atoms with van der Waals surface area (Å²) in [6, 6.07) is 7.48. The van der Waals surface area contributed by atoms with Crippen LogP contribution in [0.2, 0.25) is 0 Å². The first-order valence-corrected chi connectivity index (χ1v) is 8.63. The van der Waals surface area contributed by atoms with Gasteiger partial charge in [-0.1, -0.05) is 23.9 Å². The molecule has 2 heterocycles. The Bertz CT molecular complexity index is 894. The van der Waals surface area contributed by atoms with Crippen LogP contribution < -0.4 is 5.32 Å². The van der Waals surface area contributed by atoms with Gasteiger partial charge in [0.25, 0.3) is 0 Å². The molecule has 1 atom stereocenters. The molecule has 0 saturated heterocycles. The van der Waals surface area contributed by atoms with Crippen LogP contribution in [0.25, 0.3) is 11.0 Å². The SMILES string of the molecule is C[C@H](CO)Nc1nc(SCc2cccc(F)c2F)nc2ncccc12. The molecular formula is C17H16F2N4OS. The molecule has 2 aromatic heterocycles. The Kier molecular flexibility index (Phi) is 5.40. The fourth-order valence-electron chi connectivity index (χ4n) is 2.20. The Morgan fingerprint density at radius 1 is 1.20 bits per heavy atom. The number of thioether (sulfide) groups is 1. The summed E-state index contributed by atoms with van der Waals surface area (Å²) >= 11 is 1.19. The van der Waals surface area contributed by atoms with Crippen molar-refractivity contribution in [2.24, 2.45) is 0 Å². The van der Waals surface area contributed by atoms with Crippen molar-refractivity contribution in [1.82, 2.24) is 15.0 Å². The summed E-state index contributed by atoms with van der Waals surface area (Å²) in [7, 11) is 0. The molecule has 0 amide bonds. The highest BCUT2D eigenvalue weighted by Crippen LogP contribution is 2.27. The van der Waals surface area contributed by atoms with E-state index in [1.54, 1.807) is 12.3 Å². The Labute approximate surface area is 147 Å².